The third-order valence-electron chi connectivity index (χ3n) is 2.41. The number of ether oxygens (including phenoxy) is 1. The summed E-state index contributed by atoms with van der Waals surface area (Å²) in [5, 5.41) is 0. The molecule has 2 N–H and O–H groups in total. The van der Waals surface area contributed by atoms with E-state index in [1.807, 2.05) is 19.1 Å². The number of hydrogen-bond acceptors (Lipinski definition) is 2. The molecule has 14 heavy (non-hydrogen) atoms. The second kappa shape index (κ2) is 5.01. The van der Waals surface area contributed by atoms with E-state index in [9.17, 15) is 0 Å². The Morgan fingerprint density at radius 1 is 1.21 bits per heavy atom. The highest BCUT2D eigenvalue weighted by atomic mass is 16.5. The van der Waals surface area contributed by atoms with Crippen molar-refractivity contribution in [1.82, 2.24) is 0 Å². The summed E-state index contributed by atoms with van der Waals surface area (Å²) in [7, 11) is 1.68. The molecule has 0 aromatic heterocycles. The standard InChI is InChI=1S/C12H19NO/c1-9(8-10(2)13)11-4-6-12(14-3)7-5-11/h4-7,9-10H,8,13H2,1-3H3. The van der Waals surface area contributed by atoms with E-state index in [4.69, 9.17) is 10.5 Å². The summed E-state index contributed by atoms with van der Waals surface area (Å²) in [5.41, 5.74) is 7.08. The van der Waals surface area contributed by atoms with Gasteiger partial charge in [-0.2, -0.15) is 0 Å². The number of benzene rings is 1. The zero-order valence-electron chi connectivity index (χ0n) is 9.16. The molecule has 2 nitrogen and oxygen atoms in total. The van der Waals surface area contributed by atoms with Crippen LogP contribution in [0.5, 0.6) is 5.75 Å². The minimum absolute atomic E-state index is 0.257. The molecule has 78 valence electrons. The van der Waals surface area contributed by atoms with Gasteiger partial charge in [0.1, 0.15) is 5.75 Å². The molecule has 0 amide bonds. The highest BCUT2D eigenvalue weighted by Gasteiger charge is 2.07. The van der Waals surface area contributed by atoms with E-state index in [0.717, 1.165) is 12.2 Å². The van der Waals surface area contributed by atoms with Crippen molar-refractivity contribution in [2.75, 3.05) is 7.11 Å². The monoisotopic (exact) mass is 193 g/mol. The SMILES string of the molecule is COc1ccc(C(C)CC(C)N)cc1. The lowest BCUT2D eigenvalue weighted by molar-refractivity contribution is 0.414. The van der Waals surface area contributed by atoms with E-state index in [0.29, 0.717) is 5.92 Å². The van der Waals surface area contributed by atoms with Gasteiger partial charge in [0.25, 0.3) is 0 Å². The molecule has 0 aliphatic carbocycles. The summed E-state index contributed by atoms with van der Waals surface area (Å²) in [6.45, 7) is 4.24. The fourth-order valence-electron chi connectivity index (χ4n) is 1.63. The average Bonchev–Trinajstić information content (AvgIpc) is 2.17. The predicted octanol–water partition coefficient (Wildman–Crippen LogP) is 2.54. The molecule has 2 atom stereocenters. The smallest absolute Gasteiger partial charge is 0.118 e. The van der Waals surface area contributed by atoms with Crippen LogP contribution in [0.25, 0.3) is 0 Å². The maximum atomic E-state index is 5.76. The minimum Gasteiger partial charge on any atom is -0.497 e. The van der Waals surface area contributed by atoms with Gasteiger partial charge in [0.2, 0.25) is 0 Å². The molecule has 0 spiro atoms. The van der Waals surface area contributed by atoms with Crippen LogP contribution in [0.15, 0.2) is 24.3 Å². The molecule has 2 unspecified atom stereocenters. The molecule has 0 heterocycles. The summed E-state index contributed by atoms with van der Waals surface area (Å²) in [4.78, 5) is 0. The van der Waals surface area contributed by atoms with Gasteiger partial charge in [-0.15, -0.1) is 0 Å². The van der Waals surface area contributed by atoms with Crippen molar-refractivity contribution in [1.29, 1.82) is 0 Å². The Bertz CT molecular complexity index is 266. The Labute approximate surface area is 86.1 Å². The van der Waals surface area contributed by atoms with Crippen LogP contribution in [-0.2, 0) is 0 Å². The van der Waals surface area contributed by atoms with E-state index in [1.54, 1.807) is 7.11 Å². The fourth-order valence-corrected chi connectivity index (χ4v) is 1.63. The highest BCUT2D eigenvalue weighted by Crippen LogP contribution is 2.22. The maximum Gasteiger partial charge on any atom is 0.118 e. The summed E-state index contributed by atoms with van der Waals surface area (Å²) < 4.78 is 5.11. The van der Waals surface area contributed by atoms with Gasteiger partial charge in [0.15, 0.2) is 0 Å². The Morgan fingerprint density at radius 2 is 1.79 bits per heavy atom. The summed E-state index contributed by atoms with van der Waals surface area (Å²) >= 11 is 0. The molecule has 0 aliphatic heterocycles. The van der Waals surface area contributed by atoms with Gasteiger partial charge in [0, 0.05) is 6.04 Å². The largest absolute Gasteiger partial charge is 0.497 e. The van der Waals surface area contributed by atoms with Gasteiger partial charge < -0.3 is 10.5 Å². The molecule has 0 bridgehead atoms. The molecule has 1 aromatic carbocycles. The van der Waals surface area contributed by atoms with Crippen LogP contribution in [0.2, 0.25) is 0 Å². The summed E-state index contributed by atoms with van der Waals surface area (Å²) in [6.07, 6.45) is 1.02. The third-order valence-corrected chi connectivity index (χ3v) is 2.41. The van der Waals surface area contributed by atoms with Crippen LogP contribution in [0.1, 0.15) is 31.7 Å². The zero-order valence-corrected chi connectivity index (χ0v) is 9.16. The number of rotatable bonds is 4. The number of hydrogen-bond donors (Lipinski definition) is 1. The first-order valence-electron chi connectivity index (χ1n) is 5.03. The van der Waals surface area contributed by atoms with Crippen LogP contribution < -0.4 is 10.5 Å². The van der Waals surface area contributed by atoms with E-state index in [1.165, 1.54) is 5.56 Å². The Morgan fingerprint density at radius 3 is 2.21 bits per heavy atom. The van der Waals surface area contributed by atoms with Crippen LogP contribution in [0, 0.1) is 0 Å². The highest BCUT2D eigenvalue weighted by molar-refractivity contribution is 5.29. The second-order valence-corrected chi connectivity index (χ2v) is 3.89. The zero-order chi connectivity index (χ0) is 10.6. The molecule has 2 heteroatoms. The van der Waals surface area contributed by atoms with Gasteiger partial charge in [-0.25, -0.2) is 0 Å². The topological polar surface area (TPSA) is 35.2 Å². The van der Waals surface area contributed by atoms with Crippen molar-refractivity contribution in [3.05, 3.63) is 29.8 Å². The van der Waals surface area contributed by atoms with Crippen LogP contribution >= 0.6 is 0 Å². The van der Waals surface area contributed by atoms with E-state index >= 15 is 0 Å². The molecule has 0 aliphatic rings. The van der Waals surface area contributed by atoms with Crippen molar-refractivity contribution in [2.24, 2.45) is 5.73 Å². The van der Waals surface area contributed by atoms with Crippen molar-refractivity contribution in [2.45, 2.75) is 32.2 Å². The first kappa shape index (κ1) is 11.1. The van der Waals surface area contributed by atoms with Crippen molar-refractivity contribution in [3.8, 4) is 5.75 Å². The van der Waals surface area contributed by atoms with E-state index < -0.39 is 0 Å². The number of methoxy groups -OCH3 is 1. The second-order valence-electron chi connectivity index (χ2n) is 3.89. The maximum absolute atomic E-state index is 5.76. The first-order chi connectivity index (χ1) is 6.63. The van der Waals surface area contributed by atoms with Gasteiger partial charge in [-0.05, 0) is 37.0 Å². The lowest BCUT2D eigenvalue weighted by Gasteiger charge is -2.14. The van der Waals surface area contributed by atoms with Crippen LogP contribution in [-0.4, -0.2) is 13.2 Å². The molecular formula is C12H19NO. The summed E-state index contributed by atoms with van der Waals surface area (Å²) in [6, 6.07) is 8.45. The molecule has 0 fully saturated rings. The van der Waals surface area contributed by atoms with Crippen LogP contribution in [0.3, 0.4) is 0 Å². The Balaban J connectivity index is 2.66. The van der Waals surface area contributed by atoms with Gasteiger partial charge in [0.05, 0.1) is 7.11 Å². The molecule has 0 saturated carbocycles. The van der Waals surface area contributed by atoms with Gasteiger partial charge in [-0.1, -0.05) is 19.1 Å². The molecule has 0 saturated heterocycles. The first-order valence-corrected chi connectivity index (χ1v) is 5.03. The molecular weight excluding hydrogens is 174 g/mol. The Hall–Kier alpha value is -1.02. The lowest BCUT2D eigenvalue weighted by Crippen LogP contribution is -2.17. The molecule has 1 aromatic rings. The van der Waals surface area contributed by atoms with E-state index in [2.05, 4.69) is 19.1 Å². The molecule has 0 radical (unpaired) electrons. The minimum atomic E-state index is 0.257. The fraction of sp³-hybridized carbons (Fsp3) is 0.500. The quantitative estimate of drug-likeness (QED) is 0.797. The van der Waals surface area contributed by atoms with Gasteiger partial charge >= 0.3 is 0 Å². The van der Waals surface area contributed by atoms with Crippen molar-refractivity contribution < 1.29 is 4.74 Å². The van der Waals surface area contributed by atoms with Crippen LogP contribution in [0.4, 0.5) is 0 Å². The average molecular weight is 193 g/mol. The summed E-state index contributed by atoms with van der Waals surface area (Å²) in [5.74, 6) is 1.42. The van der Waals surface area contributed by atoms with Crippen molar-refractivity contribution in [3.63, 3.8) is 0 Å². The normalized spacial score (nSPS) is 14.9. The Kier molecular flexibility index (Phi) is 3.96. The third kappa shape index (κ3) is 3.04. The lowest BCUT2D eigenvalue weighted by atomic mass is 9.95. The molecule has 1 rings (SSSR count). The van der Waals surface area contributed by atoms with Gasteiger partial charge in [-0.3, -0.25) is 0 Å². The predicted molar refractivity (Wildman–Crippen MR) is 59.7 cm³/mol. The number of nitrogens with two attached hydrogens (primary N) is 1. The van der Waals surface area contributed by atoms with E-state index in [-0.39, 0.29) is 6.04 Å². The van der Waals surface area contributed by atoms with Crippen molar-refractivity contribution >= 4 is 0 Å².